The molecule has 0 amide bonds. The van der Waals surface area contributed by atoms with Gasteiger partial charge in [0.25, 0.3) is 0 Å². The number of fused-ring (bicyclic) bond motifs is 2. The van der Waals surface area contributed by atoms with E-state index >= 15 is 0 Å². The van der Waals surface area contributed by atoms with Gasteiger partial charge >= 0.3 is 0 Å². The quantitative estimate of drug-likeness (QED) is 0.796. The summed E-state index contributed by atoms with van der Waals surface area (Å²) in [6.45, 7) is 3.38. The molecule has 1 aliphatic heterocycles. The minimum absolute atomic E-state index is 0.219. The van der Waals surface area contributed by atoms with Crippen LogP contribution in [0.1, 0.15) is 39.0 Å². The van der Waals surface area contributed by atoms with Crippen LogP contribution < -0.4 is 0 Å². The Kier molecular flexibility index (Phi) is 3.39. The Hall–Kier alpha value is -0.160. The van der Waals surface area contributed by atoms with E-state index in [9.17, 15) is 10.2 Å². The molecule has 1 saturated heterocycles. The summed E-state index contributed by atoms with van der Waals surface area (Å²) in [5, 5.41) is 19.9. The third-order valence-corrected chi connectivity index (χ3v) is 5.20. The molecule has 5 unspecified atom stereocenters. The number of rotatable bonds is 4. The zero-order chi connectivity index (χ0) is 12.8. The van der Waals surface area contributed by atoms with Crippen molar-refractivity contribution in [3.8, 4) is 0 Å². The first kappa shape index (κ1) is 12.9. The van der Waals surface area contributed by atoms with Crippen molar-refractivity contribution in [1.82, 2.24) is 0 Å². The molecule has 3 rings (SSSR count). The van der Waals surface area contributed by atoms with Gasteiger partial charge in [0.05, 0.1) is 25.4 Å². The summed E-state index contributed by atoms with van der Waals surface area (Å²) in [5.41, 5.74) is 0. The molecule has 2 aliphatic carbocycles. The molecule has 1 spiro atoms. The minimum atomic E-state index is -0.357. The average Bonchev–Trinajstić information content (AvgIpc) is 2.93. The van der Waals surface area contributed by atoms with Gasteiger partial charge in [-0.3, -0.25) is 0 Å². The van der Waals surface area contributed by atoms with Crippen LogP contribution in [0.5, 0.6) is 0 Å². The first-order valence-corrected chi connectivity index (χ1v) is 7.30. The molecular weight excluding hydrogens is 232 g/mol. The van der Waals surface area contributed by atoms with E-state index in [0.717, 1.165) is 32.1 Å². The van der Waals surface area contributed by atoms with E-state index in [0.29, 0.717) is 31.0 Å². The number of hydrogen-bond acceptors (Lipinski definition) is 4. The molecule has 3 aliphatic rings. The Morgan fingerprint density at radius 3 is 2.72 bits per heavy atom. The van der Waals surface area contributed by atoms with Gasteiger partial charge in [-0.2, -0.15) is 0 Å². The van der Waals surface area contributed by atoms with Crippen molar-refractivity contribution in [2.75, 3.05) is 13.2 Å². The summed E-state index contributed by atoms with van der Waals surface area (Å²) >= 11 is 0. The summed E-state index contributed by atoms with van der Waals surface area (Å²) in [6.07, 6.45) is 3.91. The van der Waals surface area contributed by atoms with Gasteiger partial charge in [0, 0.05) is 12.3 Å². The van der Waals surface area contributed by atoms with E-state index in [2.05, 4.69) is 0 Å². The predicted octanol–water partition coefficient (Wildman–Crippen LogP) is 1.30. The highest BCUT2D eigenvalue weighted by atomic mass is 16.7. The van der Waals surface area contributed by atoms with E-state index in [1.54, 1.807) is 0 Å². The SMILES string of the molecule is CCC(O)CCC1CC2C(CC23OCCO3)C1O. The van der Waals surface area contributed by atoms with Crippen LogP contribution in [0.15, 0.2) is 0 Å². The second kappa shape index (κ2) is 4.75. The fraction of sp³-hybridized carbons (Fsp3) is 1.00. The van der Waals surface area contributed by atoms with Gasteiger partial charge < -0.3 is 19.7 Å². The van der Waals surface area contributed by atoms with Crippen molar-refractivity contribution < 1.29 is 19.7 Å². The molecule has 3 fully saturated rings. The Morgan fingerprint density at radius 1 is 1.33 bits per heavy atom. The topological polar surface area (TPSA) is 58.9 Å². The number of aliphatic hydroxyl groups excluding tert-OH is 2. The van der Waals surface area contributed by atoms with Gasteiger partial charge in [-0.05, 0) is 37.5 Å². The van der Waals surface area contributed by atoms with Crippen molar-refractivity contribution in [3.63, 3.8) is 0 Å². The number of hydrogen-bond donors (Lipinski definition) is 2. The highest BCUT2D eigenvalue weighted by Crippen LogP contribution is 2.59. The molecule has 2 N–H and O–H groups in total. The van der Waals surface area contributed by atoms with Gasteiger partial charge in [-0.1, -0.05) is 6.92 Å². The van der Waals surface area contributed by atoms with Crippen molar-refractivity contribution >= 4 is 0 Å². The Labute approximate surface area is 108 Å². The zero-order valence-corrected chi connectivity index (χ0v) is 11.0. The monoisotopic (exact) mass is 256 g/mol. The van der Waals surface area contributed by atoms with Crippen molar-refractivity contribution in [1.29, 1.82) is 0 Å². The Balaban J connectivity index is 1.56. The number of aliphatic hydroxyl groups is 2. The third kappa shape index (κ3) is 1.90. The van der Waals surface area contributed by atoms with Crippen molar-refractivity contribution in [2.45, 2.75) is 57.0 Å². The molecule has 2 saturated carbocycles. The van der Waals surface area contributed by atoms with Crippen LogP contribution in [0.2, 0.25) is 0 Å². The minimum Gasteiger partial charge on any atom is -0.393 e. The van der Waals surface area contributed by atoms with Crippen LogP contribution in [-0.4, -0.2) is 41.4 Å². The molecule has 4 nitrogen and oxygen atoms in total. The van der Waals surface area contributed by atoms with Crippen molar-refractivity contribution in [2.24, 2.45) is 17.8 Å². The maximum atomic E-state index is 10.3. The van der Waals surface area contributed by atoms with Crippen LogP contribution in [0.3, 0.4) is 0 Å². The van der Waals surface area contributed by atoms with E-state index in [4.69, 9.17) is 9.47 Å². The van der Waals surface area contributed by atoms with E-state index in [1.807, 2.05) is 6.92 Å². The lowest BCUT2D eigenvalue weighted by molar-refractivity contribution is -0.275. The smallest absolute Gasteiger partial charge is 0.172 e. The normalized spacial score (nSPS) is 42.8. The summed E-state index contributed by atoms with van der Waals surface area (Å²) < 4.78 is 11.5. The fourth-order valence-corrected chi connectivity index (χ4v) is 4.02. The summed E-state index contributed by atoms with van der Waals surface area (Å²) in [6, 6.07) is 0. The highest BCUT2D eigenvalue weighted by molar-refractivity contribution is 5.08. The second-order valence-electron chi connectivity index (χ2n) is 6.11. The maximum Gasteiger partial charge on any atom is 0.172 e. The molecule has 5 atom stereocenters. The molecule has 0 radical (unpaired) electrons. The van der Waals surface area contributed by atoms with E-state index in [-0.39, 0.29) is 18.0 Å². The largest absolute Gasteiger partial charge is 0.393 e. The van der Waals surface area contributed by atoms with Gasteiger partial charge in [-0.15, -0.1) is 0 Å². The third-order valence-electron chi connectivity index (χ3n) is 5.20. The van der Waals surface area contributed by atoms with Gasteiger partial charge in [-0.25, -0.2) is 0 Å². The summed E-state index contributed by atoms with van der Waals surface area (Å²) in [7, 11) is 0. The van der Waals surface area contributed by atoms with Gasteiger partial charge in [0.1, 0.15) is 0 Å². The first-order chi connectivity index (χ1) is 8.66. The molecule has 0 aromatic carbocycles. The van der Waals surface area contributed by atoms with Crippen LogP contribution in [0, 0.1) is 17.8 Å². The second-order valence-corrected chi connectivity index (χ2v) is 6.11. The maximum absolute atomic E-state index is 10.3. The van der Waals surface area contributed by atoms with E-state index < -0.39 is 0 Å². The van der Waals surface area contributed by atoms with Crippen LogP contribution >= 0.6 is 0 Å². The molecule has 0 aromatic rings. The summed E-state index contributed by atoms with van der Waals surface area (Å²) in [5.74, 6) is 0.683. The average molecular weight is 256 g/mol. The van der Waals surface area contributed by atoms with Crippen LogP contribution in [0.25, 0.3) is 0 Å². The predicted molar refractivity (Wildman–Crippen MR) is 65.9 cm³/mol. The summed E-state index contributed by atoms with van der Waals surface area (Å²) in [4.78, 5) is 0. The first-order valence-electron chi connectivity index (χ1n) is 7.30. The standard InChI is InChI=1S/C14H24O4/c1-2-10(15)4-3-9-7-12-11(13(9)16)8-14(12)17-5-6-18-14/h9-13,15-16H,2-8H2,1H3. The zero-order valence-electron chi connectivity index (χ0n) is 11.0. The van der Waals surface area contributed by atoms with Gasteiger partial charge in [0.15, 0.2) is 5.79 Å². The molecule has 0 bridgehead atoms. The molecular formula is C14H24O4. The van der Waals surface area contributed by atoms with Crippen LogP contribution in [-0.2, 0) is 9.47 Å². The lowest BCUT2D eigenvalue weighted by Crippen LogP contribution is -2.54. The highest BCUT2D eigenvalue weighted by Gasteiger charge is 2.64. The molecule has 18 heavy (non-hydrogen) atoms. The lowest BCUT2D eigenvalue weighted by Gasteiger charge is -2.48. The number of ether oxygens (including phenoxy) is 2. The molecule has 4 heteroatoms. The Bertz CT molecular complexity index is 300. The van der Waals surface area contributed by atoms with Crippen LogP contribution in [0.4, 0.5) is 0 Å². The Morgan fingerprint density at radius 2 is 2.06 bits per heavy atom. The molecule has 1 heterocycles. The fourth-order valence-electron chi connectivity index (χ4n) is 4.02. The molecule has 104 valence electrons. The van der Waals surface area contributed by atoms with Crippen molar-refractivity contribution in [3.05, 3.63) is 0 Å². The molecule has 0 aromatic heterocycles. The lowest BCUT2D eigenvalue weighted by atomic mass is 9.69. The van der Waals surface area contributed by atoms with Gasteiger partial charge in [0.2, 0.25) is 0 Å². The van der Waals surface area contributed by atoms with E-state index in [1.165, 1.54) is 0 Å².